The molecule has 3 rings (SSSR count). The zero-order valence-electron chi connectivity index (χ0n) is 12.7. The molecule has 0 saturated carbocycles. The molecule has 0 aliphatic heterocycles. The fourth-order valence-corrected chi connectivity index (χ4v) is 3.09. The Morgan fingerprint density at radius 3 is 0.952 bits per heavy atom. The average Bonchev–Trinajstić information content (AvgIpc) is 2.56. The van der Waals surface area contributed by atoms with Crippen molar-refractivity contribution in [3.8, 4) is 0 Å². The number of benzene rings is 3. The van der Waals surface area contributed by atoms with E-state index in [-0.39, 0.29) is 18.9 Å². The molecule has 0 bridgehead atoms. The van der Waals surface area contributed by atoms with Crippen LogP contribution in [0, 0.1) is 0 Å². The van der Waals surface area contributed by atoms with Crippen molar-refractivity contribution in [3.05, 3.63) is 91.0 Å². The Bertz CT molecular complexity index is 569. The Hall–Kier alpha value is -1.68. The van der Waals surface area contributed by atoms with Crippen molar-refractivity contribution in [2.45, 2.75) is 6.82 Å². The van der Waals surface area contributed by atoms with E-state index in [0.29, 0.717) is 0 Å². The largest absolute Gasteiger partial charge is 1.00 e. The van der Waals surface area contributed by atoms with Gasteiger partial charge in [0.2, 0.25) is 0 Å². The molecule has 3 aromatic carbocycles. The van der Waals surface area contributed by atoms with Gasteiger partial charge in [-0.15, -0.1) is 0 Å². The molecule has 0 unspecified atom stereocenters. The van der Waals surface area contributed by atoms with Gasteiger partial charge in [-0.05, 0) is 0 Å². The van der Waals surface area contributed by atoms with Gasteiger partial charge in [-0.1, -0.05) is 91.0 Å². The molecule has 0 saturated heterocycles. The molecule has 0 aliphatic rings. The Balaban J connectivity index is 0.00000161. The average molecular weight is 264 g/mol. The Kier molecular flexibility index (Phi) is 5.13. The second-order valence-corrected chi connectivity index (χ2v) is 5.53. The number of hydrogen-bond acceptors (Lipinski definition) is 0. The van der Waals surface area contributed by atoms with Crippen molar-refractivity contribution in [1.29, 1.82) is 0 Å². The van der Waals surface area contributed by atoms with E-state index in [4.69, 9.17) is 0 Å². The normalized spacial score (nSPS) is 10.7. The third-order valence-electron chi connectivity index (χ3n) is 4.40. The maximum absolute atomic E-state index is 2.36. The van der Waals surface area contributed by atoms with Crippen molar-refractivity contribution in [2.24, 2.45) is 0 Å². The standard InChI is InChI=1S/C19H18B.Li/c1-20(17-11-5-2-6-12-17,18-13-7-3-8-14-18)19-15-9-4-10-16-19;/h2-16H,1H3;/q-1;+1. The van der Waals surface area contributed by atoms with Crippen molar-refractivity contribution >= 4 is 22.5 Å². The van der Waals surface area contributed by atoms with Gasteiger partial charge in [0.25, 0.3) is 0 Å². The van der Waals surface area contributed by atoms with Gasteiger partial charge in [0, 0.05) is 0 Å². The SMILES string of the molecule is C[B-](c1ccccc1)(c1ccccc1)c1ccccc1.[Li+]. The van der Waals surface area contributed by atoms with E-state index in [2.05, 4.69) is 97.8 Å². The van der Waals surface area contributed by atoms with E-state index < -0.39 is 6.15 Å². The van der Waals surface area contributed by atoms with Crippen LogP contribution in [0.25, 0.3) is 0 Å². The molecule has 21 heavy (non-hydrogen) atoms. The van der Waals surface area contributed by atoms with Crippen LogP contribution in [0.5, 0.6) is 0 Å². The fraction of sp³-hybridized carbons (Fsp3) is 0.0526. The van der Waals surface area contributed by atoms with Crippen LogP contribution in [0.3, 0.4) is 0 Å². The van der Waals surface area contributed by atoms with Gasteiger partial charge >= 0.3 is 18.9 Å². The minimum Gasteiger partial charge on any atom is -0.200 e. The van der Waals surface area contributed by atoms with E-state index >= 15 is 0 Å². The molecule has 3 aromatic rings. The molecular weight excluding hydrogens is 246 g/mol. The quantitative estimate of drug-likeness (QED) is 0.574. The van der Waals surface area contributed by atoms with Crippen molar-refractivity contribution < 1.29 is 18.9 Å². The van der Waals surface area contributed by atoms with Crippen molar-refractivity contribution in [2.75, 3.05) is 0 Å². The molecule has 0 aliphatic carbocycles. The molecule has 0 fully saturated rings. The van der Waals surface area contributed by atoms with Crippen LogP contribution >= 0.6 is 0 Å². The minimum atomic E-state index is -0.912. The van der Waals surface area contributed by atoms with Gasteiger partial charge in [-0.3, -0.25) is 0 Å². The van der Waals surface area contributed by atoms with Crippen LogP contribution in [0.15, 0.2) is 91.0 Å². The first-order chi connectivity index (χ1) is 9.82. The molecule has 0 nitrogen and oxygen atoms in total. The van der Waals surface area contributed by atoms with Crippen molar-refractivity contribution in [1.82, 2.24) is 0 Å². The second kappa shape index (κ2) is 6.85. The summed E-state index contributed by atoms with van der Waals surface area (Å²) in [5.74, 6) is 0. The smallest absolute Gasteiger partial charge is 0.200 e. The maximum Gasteiger partial charge on any atom is 1.00 e. The van der Waals surface area contributed by atoms with E-state index in [9.17, 15) is 0 Å². The Morgan fingerprint density at radius 2 is 0.714 bits per heavy atom. The van der Waals surface area contributed by atoms with Gasteiger partial charge < -0.3 is 0 Å². The molecule has 0 N–H and O–H groups in total. The number of rotatable bonds is 3. The summed E-state index contributed by atoms with van der Waals surface area (Å²) in [5, 5.41) is 0. The predicted molar refractivity (Wildman–Crippen MR) is 89.8 cm³/mol. The van der Waals surface area contributed by atoms with Gasteiger partial charge in [-0.25, -0.2) is 16.4 Å². The fourth-order valence-electron chi connectivity index (χ4n) is 3.09. The summed E-state index contributed by atoms with van der Waals surface area (Å²) >= 11 is 0. The van der Waals surface area contributed by atoms with Gasteiger partial charge in [0.05, 0.1) is 6.15 Å². The van der Waals surface area contributed by atoms with Gasteiger partial charge in [-0.2, -0.15) is 6.82 Å². The molecule has 0 radical (unpaired) electrons. The summed E-state index contributed by atoms with van der Waals surface area (Å²) in [6.07, 6.45) is -0.912. The first-order valence-electron chi connectivity index (χ1n) is 7.18. The maximum atomic E-state index is 2.36. The first kappa shape index (κ1) is 15.7. The molecule has 0 aromatic heterocycles. The second-order valence-electron chi connectivity index (χ2n) is 5.53. The minimum absolute atomic E-state index is 0. The third kappa shape index (κ3) is 3.00. The van der Waals surface area contributed by atoms with Crippen molar-refractivity contribution in [3.63, 3.8) is 0 Å². The van der Waals surface area contributed by atoms with E-state index in [1.807, 2.05) is 0 Å². The van der Waals surface area contributed by atoms with Crippen LogP contribution in [-0.2, 0) is 0 Å². The summed E-state index contributed by atoms with van der Waals surface area (Å²) in [4.78, 5) is 0. The predicted octanol–water partition coefficient (Wildman–Crippen LogP) is -0.209. The molecule has 2 heteroatoms. The molecule has 0 atom stereocenters. The van der Waals surface area contributed by atoms with Crippen LogP contribution in [0.2, 0.25) is 6.82 Å². The molecular formula is C19H18BLi. The van der Waals surface area contributed by atoms with Crippen LogP contribution in [-0.4, -0.2) is 6.15 Å². The Morgan fingerprint density at radius 1 is 0.476 bits per heavy atom. The first-order valence-corrected chi connectivity index (χ1v) is 7.18. The summed E-state index contributed by atoms with van der Waals surface area (Å²) in [5.41, 5.74) is 4.14. The number of hydrogen-bond donors (Lipinski definition) is 0. The van der Waals surface area contributed by atoms with E-state index in [0.717, 1.165) is 0 Å². The monoisotopic (exact) mass is 264 g/mol. The van der Waals surface area contributed by atoms with Gasteiger partial charge in [0.15, 0.2) is 0 Å². The summed E-state index contributed by atoms with van der Waals surface area (Å²) in [6, 6.07) is 32.4. The van der Waals surface area contributed by atoms with Gasteiger partial charge in [0.1, 0.15) is 0 Å². The zero-order chi connectivity index (χ0) is 13.8. The van der Waals surface area contributed by atoms with Crippen LogP contribution in [0.1, 0.15) is 0 Å². The summed E-state index contributed by atoms with van der Waals surface area (Å²) < 4.78 is 0. The molecule has 0 spiro atoms. The summed E-state index contributed by atoms with van der Waals surface area (Å²) in [7, 11) is 0. The van der Waals surface area contributed by atoms with E-state index in [1.54, 1.807) is 0 Å². The van der Waals surface area contributed by atoms with Crippen LogP contribution < -0.4 is 35.2 Å². The summed E-state index contributed by atoms with van der Waals surface area (Å²) in [6.45, 7) is 2.36. The molecule has 0 heterocycles. The zero-order valence-corrected chi connectivity index (χ0v) is 12.7. The topological polar surface area (TPSA) is 0 Å². The van der Waals surface area contributed by atoms with Crippen LogP contribution in [0.4, 0.5) is 0 Å². The third-order valence-corrected chi connectivity index (χ3v) is 4.40. The Labute approximate surface area is 139 Å². The van der Waals surface area contributed by atoms with E-state index in [1.165, 1.54) is 16.4 Å². The molecule has 98 valence electrons. The molecule has 0 amide bonds.